The molecule has 3 N–H and O–H groups in total. The average molecular weight is 229 g/mol. The molecule has 0 spiro atoms. The van der Waals surface area contributed by atoms with E-state index in [9.17, 15) is 14.7 Å². The minimum Gasteiger partial charge on any atom is -0.478 e. The molecule has 0 saturated heterocycles. The molecule has 0 saturated carbocycles. The number of nitrogens with one attached hydrogen (secondary N) is 1. The number of carboxylic acid groups (broad SMARTS) is 1. The molecule has 0 aromatic heterocycles. The summed E-state index contributed by atoms with van der Waals surface area (Å²) in [7, 11) is 0. The summed E-state index contributed by atoms with van der Waals surface area (Å²) >= 11 is 0. The smallest absolute Gasteiger partial charge is 0.331 e. The Morgan fingerprint density at radius 2 is 1.75 bits per heavy atom. The number of amides is 1. The molecule has 0 aromatic carbocycles. The van der Waals surface area contributed by atoms with Gasteiger partial charge >= 0.3 is 5.97 Å². The molecule has 1 unspecified atom stereocenters. The standard InChI is InChI=1S/C11H19NO4/c1-5-11(4,16)6-12-9(13)7(2)8(3)10(14)15/h16H,5-6H2,1-4H3,(H,12,13)(H,14,15). The van der Waals surface area contributed by atoms with Crippen LogP contribution in [0.25, 0.3) is 0 Å². The van der Waals surface area contributed by atoms with E-state index in [1.54, 1.807) is 13.8 Å². The van der Waals surface area contributed by atoms with Gasteiger partial charge in [-0.05, 0) is 27.2 Å². The molecule has 0 radical (unpaired) electrons. The second-order valence-corrected chi connectivity index (χ2v) is 4.09. The fourth-order valence-corrected chi connectivity index (χ4v) is 0.859. The summed E-state index contributed by atoms with van der Waals surface area (Å²) < 4.78 is 0. The Morgan fingerprint density at radius 3 is 2.12 bits per heavy atom. The van der Waals surface area contributed by atoms with Crippen molar-refractivity contribution in [2.45, 2.75) is 39.7 Å². The molecule has 0 fully saturated rings. The van der Waals surface area contributed by atoms with Crippen LogP contribution in [0.2, 0.25) is 0 Å². The molecule has 1 atom stereocenters. The van der Waals surface area contributed by atoms with E-state index in [0.29, 0.717) is 6.42 Å². The van der Waals surface area contributed by atoms with Crippen LogP contribution in [0, 0.1) is 0 Å². The van der Waals surface area contributed by atoms with Crippen molar-refractivity contribution in [1.29, 1.82) is 0 Å². The van der Waals surface area contributed by atoms with Gasteiger partial charge in [0.1, 0.15) is 0 Å². The maximum atomic E-state index is 11.5. The number of hydrogen-bond acceptors (Lipinski definition) is 3. The van der Waals surface area contributed by atoms with Crippen LogP contribution >= 0.6 is 0 Å². The quantitative estimate of drug-likeness (QED) is 0.605. The zero-order valence-corrected chi connectivity index (χ0v) is 10.1. The van der Waals surface area contributed by atoms with E-state index in [-0.39, 0.29) is 17.7 Å². The van der Waals surface area contributed by atoms with Gasteiger partial charge in [-0.1, -0.05) is 6.92 Å². The lowest BCUT2D eigenvalue weighted by Crippen LogP contribution is -2.40. The Bertz CT molecular complexity index is 318. The van der Waals surface area contributed by atoms with Crippen LogP contribution in [0.5, 0.6) is 0 Å². The lowest BCUT2D eigenvalue weighted by molar-refractivity contribution is -0.133. The van der Waals surface area contributed by atoms with Crippen molar-refractivity contribution in [3.05, 3.63) is 11.1 Å². The first kappa shape index (κ1) is 14.6. The van der Waals surface area contributed by atoms with Crippen LogP contribution in [0.4, 0.5) is 0 Å². The molecular weight excluding hydrogens is 210 g/mol. The minimum atomic E-state index is -1.12. The van der Waals surface area contributed by atoms with Gasteiger partial charge in [-0.3, -0.25) is 4.79 Å². The first-order valence-electron chi connectivity index (χ1n) is 5.12. The zero-order valence-electron chi connectivity index (χ0n) is 10.1. The normalized spacial score (nSPS) is 16.1. The topological polar surface area (TPSA) is 86.6 Å². The summed E-state index contributed by atoms with van der Waals surface area (Å²) in [5, 5.41) is 20.8. The summed E-state index contributed by atoms with van der Waals surface area (Å²) in [4.78, 5) is 22.1. The Hall–Kier alpha value is -1.36. The van der Waals surface area contributed by atoms with Crippen molar-refractivity contribution >= 4 is 11.9 Å². The predicted octanol–water partition coefficient (Wildman–Crippen LogP) is 0.685. The summed E-state index contributed by atoms with van der Waals surface area (Å²) in [6, 6.07) is 0. The molecule has 0 aromatic rings. The van der Waals surface area contributed by atoms with E-state index in [2.05, 4.69) is 5.32 Å². The summed E-state index contributed by atoms with van der Waals surface area (Å²) in [5.74, 6) is -1.58. The van der Waals surface area contributed by atoms with Crippen molar-refractivity contribution in [3.8, 4) is 0 Å². The fraction of sp³-hybridized carbons (Fsp3) is 0.636. The Balaban J connectivity index is 4.50. The lowest BCUT2D eigenvalue weighted by atomic mass is 10.0. The Kier molecular flexibility index (Phi) is 5.17. The molecule has 1 amide bonds. The highest BCUT2D eigenvalue weighted by Crippen LogP contribution is 2.08. The number of hydrogen-bond donors (Lipinski definition) is 3. The van der Waals surface area contributed by atoms with Crippen LogP contribution in [0.1, 0.15) is 34.1 Å². The van der Waals surface area contributed by atoms with Gasteiger partial charge in [-0.25, -0.2) is 4.79 Å². The number of carbonyl (C=O) groups is 2. The Morgan fingerprint density at radius 1 is 1.25 bits per heavy atom. The number of aliphatic carboxylic acids is 1. The molecule has 0 aliphatic carbocycles. The van der Waals surface area contributed by atoms with Crippen molar-refractivity contribution < 1.29 is 19.8 Å². The molecule has 92 valence electrons. The van der Waals surface area contributed by atoms with Gasteiger partial charge in [0.2, 0.25) is 5.91 Å². The van der Waals surface area contributed by atoms with E-state index >= 15 is 0 Å². The molecule has 0 aliphatic rings. The van der Waals surface area contributed by atoms with Crippen LogP contribution in [-0.2, 0) is 9.59 Å². The van der Waals surface area contributed by atoms with E-state index in [1.165, 1.54) is 13.8 Å². The van der Waals surface area contributed by atoms with Gasteiger partial charge in [0, 0.05) is 17.7 Å². The molecule has 0 heterocycles. The van der Waals surface area contributed by atoms with Crippen molar-refractivity contribution in [2.75, 3.05) is 6.54 Å². The molecule has 5 heteroatoms. The highest BCUT2D eigenvalue weighted by molar-refractivity contribution is 6.01. The average Bonchev–Trinajstić information content (AvgIpc) is 2.23. The maximum Gasteiger partial charge on any atom is 0.331 e. The van der Waals surface area contributed by atoms with Gasteiger partial charge in [-0.2, -0.15) is 0 Å². The number of carbonyl (C=O) groups excluding carboxylic acids is 1. The second-order valence-electron chi connectivity index (χ2n) is 4.09. The molecular formula is C11H19NO4. The van der Waals surface area contributed by atoms with E-state index in [4.69, 9.17) is 5.11 Å². The number of rotatable bonds is 5. The van der Waals surface area contributed by atoms with E-state index < -0.39 is 17.5 Å². The van der Waals surface area contributed by atoms with Crippen molar-refractivity contribution in [3.63, 3.8) is 0 Å². The molecule has 0 rings (SSSR count). The number of aliphatic hydroxyl groups is 1. The largest absolute Gasteiger partial charge is 0.478 e. The molecule has 0 aliphatic heterocycles. The molecule has 0 bridgehead atoms. The summed E-state index contributed by atoms with van der Waals surface area (Å²) in [6.07, 6.45) is 0.508. The molecule has 16 heavy (non-hydrogen) atoms. The predicted molar refractivity (Wildman–Crippen MR) is 59.9 cm³/mol. The second kappa shape index (κ2) is 5.65. The van der Waals surface area contributed by atoms with Crippen LogP contribution in [0.3, 0.4) is 0 Å². The fourth-order valence-electron chi connectivity index (χ4n) is 0.859. The van der Waals surface area contributed by atoms with Crippen LogP contribution in [0.15, 0.2) is 11.1 Å². The Labute approximate surface area is 95.2 Å². The monoisotopic (exact) mass is 229 g/mol. The SMILES string of the molecule is CCC(C)(O)CNC(=O)C(C)=C(C)C(=O)O. The van der Waals surface area contributed by atoms with Crippen LogP contribution < -0.4 is 5.32 Å². The lowest BCUT2D eigenvalue weighted by Gasteiger charge is -2.21. The van der Waals surface area contributed by atoms with E-state index in [0.717, 1.165) is 0 Å². The summed E-state index contributed by atoms with van der Waals surface area (Å²) in [5.41, 5.74) is -0.805. The summed E-state index contributed by atoms with van der Waals surface area (Å²) in [6.45, 7) is 6.33. The first-order chi connectivity index (χ1) is 7.21. The van der Waals surface area contributed by atoms with Crippen LogP contribution in [-0.4, -0.2) is 34.2 Å². The zero-order chi connectivity index (χ0) is 12.9. The minimum absolute atomic E-state index is 0.00800. The molecule has 5 nitrogen and oxygen atoms in total. The van der Waals surface area contributed by atoms with Crippen molar-refractivity contribution in [2.24, 2.45) is 0 Å². The maximum absolute atomic E-state index is 11.5. The third kappa shape index (κ3) is 4.44. The van der Waals surface area contributed by atoms with Gasteiger partial charge in [-0.15, -0.1) is 0 Å². The third-order valence-electron chi connectivity index (χ3n) is 2.62. The third-order valence-corrected chi connectivity index (χ3v) is 2.62. The van der Waals surface area contributed by atoms with E-state index in [1.807, 2.05) is 0 Å². The highest BCUT2D eigenvalue weighted by atomic mass is 16.4. The van der Waals surface area contributed by atoms with Gasteiger partial charge in [0.15, 0.2) is 0 Å². The number of carboxylic acids is 1. The van der Waals surface area contributed by atoms with Gasteiger partial charge in [0.05, 0.1) is 5.60 Å². The highest BCUT2D eigenvalue weighted by Gasteiger charge is 2.20. The van der Waals surface area contributed by atoms with Crippen molar-refractivity contribution in [1.82, 2.24) is 5.32 Å². The van der Waals surface area contributed by atoms with Gasteiger partial charge in [0.25, 0.3) is 0 Å². The first-order valence-corrected chi connectivity index (χ1v) is 5.12. The van der Waals surface area contributed by atoms with Gasteiger partial charge < -0.3 is 15.5 Å².